The molecule has 1 fully saturated rings. The number of nitrogens with one attached hydrogen (secondary N) is 1. The summed E-state index contributed by atoms with van der Waals surface area (Å²) in [7, 11) is 0. The smallest absolute Gasteiger partial charge is 0.408 e. The Bertz CT molecular complexity index is 496. The molecule has 0 aromatic heterocycles. The molecule has 0 bridgehead atoms. The molecule has 2 rings (SSSR count). The molecule has 0 unspecified atom stereocenters. The number of ether oxygens (including phenoxy) is 2. The lowest BCUT2D eigenvalue weighted by molar-refractivity contribution is -0.104. The van der Waals surface area contributed by atoms with Crippen LogP contribution < -0.4 is 10.1 Å². The summed E-state index contributed by atoms with van der Waals surface area (Å²) < 4.78 is 38.0. The van der Waals surface area contributed by atoms with E-state index < -0.39 is 24.7 Å². The summed E-state index contributed by atoms with van der Waals surface area (Å²) in [5, 5.41) is 2.14. The summed E-state index contributed by atoms with van der Waals surface area (Å²) in [6.45, 7) is 1.16. The second kappa shape index (κ2) is 5.32. The highest BCUT2D eigenvalue weighted by atomic mass is 79.9. The number of carbonyl (C=O) groups is 1. The Balaban J connectivity index is 2.42. The fraction of sp³-hybridized carbons (Fsp3) is 0.417. The number of alkyl halides is 2. The van der Waals surface area contributed by atoms with E-state index in [2.05, 4.69) is 26.0 Å². The van der Waals surface area contributed by atoms with Crippen LogP contribution in [-0.2, 0) is 4.74 Å². The molecule has 1 aliphatic rings. The van der Waals surface area contributed by atoms with Gasteiger partial charge in [-0.1, -0.05) is 15.9 Å². The number of benzene rings is 1. The first-order chi connectivity index (χ1) is 8.94. The van der Waals surface area contributed by atoms with Crippen molar-refractivity contribution in [3.63, 3.8) is 0 Å². The van der Waals surface area contributed by atoms with Crippen molar-refractivity contribution in [2.45, 2.75) is 18.9 Å². The topological polar surface area (TPSA) is 47.6 Å². The van der Waals surface area contributed by atoms with Crippen LogP contribution in [0.5, 0.6) is 5.75 Å². The summed E-state index contributed by atoms with van der Waals surface area (Å²) in [6, 6.07) is 3.32. The summed E-state index contributed by atoms with van der Waals surface area (Å²) in [6.07, 6.45) is -0.863. The van der Waals surface area contributed by atoms with Gasteiger partial charge in [0.15, 0.2) is 6.61 Å². The standard InChI is InChI=1S/C12H12BrF2NO3/c1-2-18-9-4-3-7(13)5-8(9)10-12(14,15)6-19-11(17)16-10/h3-5,10H,2,6H2,1H3,(H,16,17)/t10-/m0/s1. The third-order valence-electron chi connectivity index (χ3n) is 2.66. The summed E-state index contributed by atoms with van der Waals surface area (Å²) >= 11 is 3.22. The molecule has 1 heterocycles. The summed E-state index contributed by atoms with van der Waals surface area (Å²) in [4.78, 5) is 11.2. The third-order valence-corrected chi connectivity index (χ3v) is 3.16. The number of hydrogen-bond acceptors (Lipinski definition) is 3. The van der Waals surface area contributed by atoms with Crippen LogP contribution in [-0.4, -0.2) is 25.2 Å². The van der Waals surface area contributed by atoms with Crippen LogP contribution in [0.3, 0.4) is 0 Å². The molecule has 104 valence electrons. The zero-order valence-electron chi connectivity index (χ0n) is 10.1. The maximum Gasteiger partial charge on any atom is 0.408 e. The van der Waals surface area contributed by atoms with Gasteiger partial charge in [0.25, 0.3) is 0 Å². The van der Waals surface area contributed by atoms with E-state index in [0.29, 0.717) is 16.8 Å². The molecule has 1 N–H and O–H groups in total. The van der Waals surface area contributed by atoms with Crippen molar-refractivity contribution in [2.75, 3.05) is 13.2 Å². The van der Waals surface area contributed by atoms with Gasteiger partial charge >= 0.3 is 12.0 Å². The molecule has 4 nitrogen and oxygen atoms in total. The van der Waals surface area contributed by atoms with Crippen LogP contribution in [0.25, 0.3) is 0 Å². The van der Waals surface area contributed by atoms with Gasteiger partial charge in [0, 0.05) is 10.0 Å². The van der Waals surface area contributed by atoms with E-state index in [1.54, 1.807) is 19.1 Å². The first kappa shape index (κ1) is 14.0. The lowest BCUT2D eigenvalue weighted by atomic mass is 9.99. The molecule has 0 saturated carbocycles. The normalized spacial score (nSPS) is 21.5. The Labute approximate surface area is 117 Å². The molecule has 0 spiro atoms. The van der Waals surface area contributed by atoms with Crippen LogP contribution in [0.1, 0.15) is 18.5 Å². The van der Waals surface area contributed by atoms with Gasteiger partial charge in [-0.05, 0) is 25.1 Å². The highest BCUT2D eigenvalue weighted by molar-refractivity contribution is 9.10. The number of halogens is 3. The minimum absolute atomic E-state index is 0.220. The number of amides is 1. The number of carbonyl (C=O) groups excluding carboxylic acids is 1. The van der Waals surface area contributed by atoms with Crippen molar-refractivity contribution in [1.29, 1.82) is 0 Å². The van der Waals surface area contributed by atoms with E-state index in [1.807, 2.05) is 0 Å². The minimum Gasteiger partial charge on any atom is -0.494 e. The molecule has 1 aliphatic heterocycles. The van der Waals surface area contributed by atoms with Gasteiger partial charge in [0.2, 0.25) is 0 Å². The van der Waals surface area contributed by atoms with E-state index in [1.165, 1.54) is 6.07 Å². The number of hydrogen-bond donors (Lipinski definition) is 1. The van der Waals surface area contributed by atoms with E-state index in [0.717, 1.165) is 0 Å². The average molecular weight is 336 g/mol. The van der Waals surface area contributed by atoms with Crippen molar-refractivity contribution in [3.8, 4) is 5.75 Å². The molecule has 7 heteroatoms. The predicted octanol–water partition coefficient (Wildman–Crippen LogP) is 3.26. The molecular formula is C12H12BrF2NO3. The number of cyclic esters (lactones) is 1. The molecule has 19 heavy (non-hydrogen) atoms. The van der Waals surface area contributed by atoms with E-state index >= 15 is 0 Å². The van der Waals surface area contributed by atoms with Crippen LogP contribution in [0.4, 0.5) is 13.6 Å². The fourth-order valence-electron chi connectivity index (χ4n) is 1.85. The van der Waals surface area contributed by atoms with Gasteiger partial charge in [-0.3, -0.25) is 0 Å². The molecular weight excluding hydrogens is 324 g/mol. The summed E-state index contributed by atoms with van der Waals surface area (Å²) in [5.41, 5.74) is 0.220. The minimum atomic E-state index is -3.19. The number of alkyl carbamates (subject to hydrolysis) is 1. The average Bonchev–Trinajstić information content (AvgIpc) is 2.35. The Morgan fingerprint density at radius 2 is 2.32 bits per heavy atom. The van der Waals surface area contributed by atoms with Gasteiger partial charge in [0.05, 0.1) is 6.61 Å². The Hall–Kier alpha value is -1.37. The Morgan fingerprint density at radius 3 is 3.00 bits per heavy atom. The van der Waals surface area contributed by atoms with Gasteiger partial charge in [-0.25, -0.2) is 13.6 Å². The fourth-order valence-corrected chi connectivity index (χ4v) is 2.23. The monoisotopic (exact) mass is 335 g/mol. The highest BCUT2D eigenvalue weighted by Crippen LogP contribution is 2.39. The van der Waals surface area contributed by atoms with Crippen molar-refractivity contribution in [2.24, 2.45) is 0 Å². The van der Waals surface area contributed by atoms with E-state index in [-0.39, 0.29) is 5.56 Å². The molecule has 1 atom stereocenters. The van der Waals surface area contributed by atoms with Crippen molar-refractivity contribution < 1.29 is 23.0 Å². The van der Waals surface area contributed by atoms with Gasteiger partial charge in [0.1, 0.15) is 11.8 Å². The predicted molar refractivity (Wildman–Crippen MR) is 67.5 cm³/mol. The number of rotatable bonds is 3. The molecule has 0 aliphatic carbocycles. The maximum absolute atomic E-state index is 13.9. The molecule has 1 aromatic rings. The third kappa shape index (κ3) is 2.97. The van der Waals surface area contributed by atoms with Crippen LogP contribution in [0.15, 0.2) is 22.7 Å². The molecule has 0 radical (unpaired) electrons. The van der Waals surface area contributed by atoms with Crippen LogP contribution in [0.2, 0.25) is 0 Å². The molecule has 1 aromatic carbocycles. The SMILES string of the molecule is CCOc1ccc(Br)cc1[C@@H]1NC(=O)OCC1(F)F. The molecule has 1 amide bonds. The van der Waals surface area contributed by atoms with Gasteiger partial charge in [-0.15, -0.1) is 0 Å². The van der Waals surface area contributed by atoms with Gasteiger partial charge < -0.3 is 14.8 Å². The summed E-state index contributed by atoms with van der Waals surface area (Å²) in [5.74, 6) is -2.88. The lowest BCUT2D eigenvalue weighted by Crippen LogP contribution is -2.49. The Kier molecular flexibility index (Phi) is 3.93. The largest absolute Gasteiger partial charge is 0.494 e. The zero-order valence-corrected chi connectivity index (χ0v) is 11.7. The molecule has 1 saturated heterocycles. The lowest BCUT2D eigenvalue weighted by Gasteiger charge is -2.32. The van der Waals surface area contributed by atoms with Crippen LogP contribution >= 0.6 is 15.9 Å². The first-order valence-corrected chi connectivity index (χ1v) is 6.46. The van der Waals surface area contributed by atoms with Crippen molar-refractivity contribution in [3.05, 3.63) is 28.2 Å². The second-order valence-corrected chi connectivity index (χ2v) is 4.95. The zero-order chi connectivity index (χ0) is 14.0. The maximum atomic E-state index is 13.9. The van der Waals surface area contributed by atoms with Crippen molar-refractivity contribution in [1.82, 2.24) is 5.32 Å². The highest BCUT2D eigenvalue weighted by Gasteiger charge is 2.48. The van der Waals surface area contributed by atoms with Crippen molar-refractivity contribution >= 4 is 22.0 Å². The quantitative estimate of drug-likeness (QED) is 0.922. The van der Waals surface area contributed by atoms with E-state index in [4.69, 9.17) is 4.74 Å². The van der Waals surface area contributed by atoms with Crippen LogP contribution in [0, 0.1) is 0 Å². The first-order valence-electron chi connectivity index (χ1n) is 5.67. The Morgan fingerprint density at radius 1 is 1.58 bits per heavy atom. The van der Waals surface area contributed by atoms with Gasteiger partial charge in [-0.2, -0.15) is 0 Å². The second-order valence-electron chi connectivity index (χ2n) is 4.03. The van der Waals surface area contributed by atoms with E-state index in [9.17, 15) is 13.6 Å².